The molecular formula is C11H9ClF2N2O2. The minimum Gasteiger partial charge on any atom is -0.361 e. The summed E-state index contributed by atoms with van der Waals surface area (Å²) in [7, 11) is 0. The molecule has 1 atom stereocenters. The first-order chi connectivity index (χ1) is 8.39. The molecule has 0 aliphatic heterocycles. The molecule has 2 aromatic rings. The second kappa shape index (κ2) is 4.53. The highest BCUT2D eigenvalue weighted by atomic mass is 35.5. The molecule has 0 spiro atoms. The number of benzene rings is 1. The van der Waals surface area contributed by atoms with Crippen LogP contribution in [0.3, 0.4) is 0 Å². The first-order valence-corrected chi connectivity index (χ1v) is 5.52. The van der Waals surface area contributed by atoms with E-state index in [1.807, 2.05) is 0 Å². The Morgan fingerprint density at radius 3 is 2.72 bits per heavy atom. The van der Waals surface area contributed by atoms with Crippen molar-refractivity contribution in [1.29, 1.82) is 0 Å². The lowest BCUT2D eigenvalue weighted by Crippen LogP contribution is -2.26. The highest BCUT2D eigenvalue weighted by Gasteiger charge is 2.43. The van der Waals surface area contributed by atoms with E-state index in [9.17, 15) is 18.9 Å². The van der Waals surface area contributed by atoms with Gasteiger partial charge in [-0.05, 0) is 23.2 Å². The highest BCUT2D eigenvalue weighted by molar-refractivity contribution is 6.22. The van der Waals surface area contributed by atoms with Crippen LogP contribution in [0.25, 0.3) is 10.9 Å². The second-order valence-corrected chi connectivity index (χ2v) is 4.40. The Morgan fingerprint density at radius 1 is 1.44 bits per heavy atom. The number of H-pyrrole nitrogens is 1. The predicted molar refractivity (Wildman–Crippen MR) is 63.7 cm³/mol. The fourth-order valence-electron chi connectivity index (χ4n) is 1.91. The summed E-state index contributed by atoms with van der Waals surface area (Å²) in [5, 5.41) is 7.34. The zero-order valence-electron chi connectivity index (χ0n) is 9.07. The van der Waals surface area contributed by atoms with Gasteiger partial charge in [-0.2, -0.15) is 8.78 Å². The van der Waals surface area contributed by atoms with Crippen molar-refractivity contribution in [3.05, 3.63) is 46.1 Å². The van der Waals surface area contributed by atoms with Crippen LogP contribution >= 0.6 is 11.6 Å². The number of aromatic nitrogens is 1. The van der Waals surface area contributed by atoms with E-state index >= 15 is 0 Å². The molecule has 0 aliphatic rings. The Balaban J connectivity index is 2.51. The highest BCUT2D eigenvalue weighted by Crippen LogP contribution is 2.39. The van der Waals surface area contributed by atoms with E-state index in [1.54, 1.807) is 24.3 Å². The monoisotopic (exact) mass is 274 g/mol. The van der Waals surface area contributed by atoms with Crippen molar-refractivity contribution in [3.8, 4) is 0 Å². The summed E-state index contributed by atoms with van der Waals surface area (Å²) in [6, 6.07) is 6.74. The van der Waals surface area contributed by atoms with E-state index in [2.05, 4.69) is 4.98 Å². The third-order valence-corrected chi connectivity index (χ3v) is 2.99. The zero-order chi connectivity index (χ0) is 13.3. The van der Waals surface area contributed by atoms with Crippen molar-refractivity contribution < 1.29 is 13.7 Å². The van der Waals surface area contributed by atoms with Gasteiger partial charge in [-0.3, -0.25) is 10.1 Å². The van der Waals surface area contributed by atoms with E-state index in [1.165, 1.54) is 6.20 Å². The number of fused-ring (bicyclic) bond motifs is 1. The van der Waals surface area contributed by atoms with Gasteiger partial charge in [-0.25, -0.2) is 0 Å². The average molecular weight is 275 g/mol. The molecule has 4 nitrogen and oxygen atoms in total. The van der Waals surface area contributed by atoms with Crippen LogP contribution in [-0.4, -0.2) is 21.8 Å². The number of halogens is 3. The standard InChI is InChI=1S/C11H9ClF2N2O2/c12-11(13,14)9(6-16(17)18)8-5-15-10-4-2-1-3-7(8)10/h1-5,9,15H,6H2. The van der Waals surface area contributed by atoms with Crippen molar-refractivity contribution in [3.63, 3.8) is 0 Å². The fourth-order valence-corrected chi connectivity index (χ4v) is 2.10. The van der Waals surface area contributed by atoms with E-state index in [-0.39, 0.29) is 5.56 Å². The van der Waals surface area contributed by atoms with Crippen LogP contribution < -0.4 is 0 Å². The summed E-state index contributed by atoms with van der Waals surface area (Å²) in [5.41, 5.74) is 0.795. The quantitative estimate of drug-likeness (QED) is 0.528. The number of alkyl halides is 3. The maximum atomic E-state index is 13.3. The van der Waals surface area contributed by atoms with Crippen molar-refractivity contribution in [1.82, 2.24) is 4.98 Å². The lowest BCUT2D eigenvalue weighted by Gasteiger charge is -2.17. The Labute approximate surface area is 106 Å². The van der Waals surface area contributed by atoms with E-state index in [0.29, 0.717) is 10.9 Å². The molecule has 0 radical (unpaired) electrons. The van der Waals surface area contributed by atoms with E-state index < -0.39 is 22.8 Å². The topological polar surface area (TPSA) is 58.9 Å². The molecule has 1 unspecified atom stereocenters. The van der Waals surface area contributed by atoms with Crippen LogP contribution in [0.5, 0.6) is 0 Å². The summed E-state index contributed by atoms with van der Waals surface area (Å²) in [4.78, 5) is 12.5. The molecule has 0 saturated heterocycles. The third kappa shape index (κ3) is 2.43. The lowest BCUT2D eigenvalue weighted by molar-refractivity contribution is -0.486. The number of rotatable bonds is 4. The number of nitro groups is 1. The molecule has 1 heterocycles. The van der Waals surface area contributed by atoms with Crippen LogP contribution in [-0.2, 0) is 0 Å². The van der Waals surface area contributed by atoms with Gasteiger partial charge in [0.05, 0.1) is 0 Å². The third-order valence-electron chi connectivity index (χ3n) is 2.72. The molecule has 0 amide bonds. The van der Waals surface area contributed by atoms with Crippen molar-refractivity contribution in [2.45, 2.75) is 11.3 Å². The fraction of sp³-hybridized carbons (Fsp3) is 0.273. The first-order valence-electron chi connectivity index (χ1n) is 5.14. The van der Waals surface area contributed by atoms with E-state index in [4.69, 9.17) is 11.6 Å². The van der Waals surface area contributed by atoms with Crippen molar-refractivity contribution >= 4 is 22.5 Å². The molecule has 1 aromatic heterocycles. The largest absolute Gasteiger partial charge is 0.361 e. The molecule has 0 saturated carbocycles. The number of aromatic amines is 1. The van der Waals surface area contributed by atoms with Crippen molar-refractivity contribution in [2.24, 2.45) is 0 Å². The normalized spacial score (nSPS) is 13.7. The van der Waals surface area contributed by atoms with Gasteiger partial charge in [0.2, 0.25) is 6.54 Å². The average Bonchev–Trinajstić information content (AvgIpc) is 2.67. The minimum absolute atomic E-state index is 0.155. The van der Waals surface area contributed by atoms with Gasteiger partial charge in [0.1, 0.15) is 5.92 Å². The Bertz CT molecular complexity index is 580. The van der Waals surface area contributed by atoms with Crippen LogP contribution in [0.15, 0.2) is 30.5 Å². The van der Waals surface area contributed by atoms with Gasteiger partial charge in [-0.1, -0.05) is 18.2 Å². The zero-order valence-corrected chi connectivity index (χ0v) is 9.82. The summed E-state index contributed by atoms with van der Waals surface area (Å²) in [5.74, 6) is -1.66. The van der Waals surface area contributed by atoms with Crippen LogP contribution in [0.1, 0.15) is 11.5 Å². The molecule has 2 rings (SSSR count). The van der Waals surface area contributed by atoms with Gasteiger partial charge in [0, 0.05) is 22.0 Å². The molecular weight excluding hydrogens is 266 g/mol. The molecule has 0 fully saturated rings. The number of hydrogen-bond acceptors (Lipinski definition) is 2. The number of para-hydroxylation sites is 1. The van der Waals surface area contributed by atoms with Crippen LogP contribution in [0.2, 0.25) is 0 Å². The van der Waals surface area contributed by atoms with Gasteiger partial charge in [-0.15, -0.1) is 0 Å². The second-order valence-electron chi connectivity index (χ2n) is 3.90. The maximum absolute atomic E-state index is 13.3. The molecule has 1 aromatic carbocycles. The molecule has 1 N–H and O–H groups in total. The Hall–Kier alpha value is -1.69. The smallest absolute Gasteiger partial charge is 0.334 e. The number of nitrogens with one attached hydrogen (secondary N) is 1. The van der Waals surface area contributed by atoms with Crippen LogP contribution in [0, 0.1) is 10.1 Å². The van der Waals surface area contributed by atoms with Crippen molar-refractivity contribution in [2.75, 3.05) is 6.54 Å². The number of hydrogen-bond donors (Lipinski definition) is 1. The maximum Gasteiger partial charge on any atom is 0.334 e. The molecule has 18 heavy (non-hydrogen) atoms. The minimum atomic E-state index is -3.67. The Morgan fingerprint density at radius 2 is 2.11 bits per heavy atom. The summed E-state index contributed by atoms with van der Waals surface area (Å²) in [6.07, 6.45) is 1.34. The molecule has 0 aliphatic carbocycles. The van der Waals surface area contributed by atoms with Gasteiger partial charge in [0.25, 0.3) is 0 Å². The van der Waals surface area contributed by atoms with Gasteiger partial charge < -0.3 is 4.98 Å². The van der Waals surface area contributed by atoms with Gasteiger partial charge >= 0.3 is 5.38 Å². The first kappa shape index (κ1) is 12.8. The Kier molecular flexibility index (Phi) is 3.21. The van der Waals surface area contributed by atoms with Gasteiger partial charge in [0.15, 0.2) is 0 Å². The summed E-state index contributed by atoms with van der Waals surface area (Å²) in [6.45, 7) is -0.918. The molecule has 96 valence electrons. The molecule has 0 bridgehead atoms. The summed E-state index contributed by atoms with van der Waals surface area (Å²) < 4.78 is 26.6. The van der Waals surface area contributed by atoms with Crippen LogP contribution in [0.4, 0.5) is 8.78 Å². The van der Waals surface area contributed by atoms with E-state index in [0.717, 1.165) is 0 Å². The summed E-state index contributed by atoms with van der Waals surface area (Å²) >= 11 is 4.98. The predicted octanol–water partition coefficient (Wildman–Crippen LogP) is 3.36. The lowest BCUT2D eigenvalue weighted by atomic mass is 9.99. The molecule has 7 heteroatoms. The SMILES string of the molecule is O=[N+]([O-])CC(c1c[nH]c2ccccc12)C(F)(F)Cl. The number of nitrogens with zero attached hydrogens (tertiary/aromatic N) is 1.